The van der Waals surface area contributed by atoms with Crippen LogP contribution in [0, 0.1) is 29.1 Å². The van der Waals surface area contributed by atoms with Gasteiger partial charge in [-0.2, -0.15) is 0 Å². The topological polar surface area (TPSA) is 20.3 Å². The highest BCUT2D eigenvalue weighted by Crippen LogP contribution is 2.35. The summed E-state index contributed by atoms with van der Waals surface area (Å²) in [5.41, 5.74) is -1.03. The summed E-state index contributed by atoms with van der Waals surface area (Å²) in [5, 5.41) is 0. The van der Waals surface area contributed by atoms with Gasteiger partial charge in [0.1, 0.15) is 0 Å². The number of rotatable bonds is 2. The van der Waals surface area contributed by atoms with Gasteiger partial charge < -0.3 is 4.90 Å². The zero-order valence-corrected chi connectivity index (χ0v) is 11.6. The van der Waals surface area contributed by atoms with E-state index in [9.17, 15) is 26.7 Å². The zero-order valence-electron chi connectivity index (χ0n) is 10.8. The molecule has 0 aliphatic heterocycles. The number of carbonyl (C=O) groups excluding carboxylic acids is 1. The fourth-order valence-corrected chi connectivity index (χ4v) is 2.69. The molecule has 21 heavy (non-hydrogen) atoms. The molecule has 2 rings (SSSR count). The minimum Gasteiger partial charge on any atom is -0.344 e. The van der Waals surface area contributed by atoms with Crippen LogP contribution in [0.1, 0.15) is 9.67 Å². The Kier molecular flexibility index (Phi) is 3.99. The van der Waals surface area contributed by atoms with Gasteiger partial charge in [-0.15, -0.1) is 11.3 Å². The first-order valence-corrected chi connectivity index (χ1v) is 6.40. The van der Waals surface area contributed by atoms with Crippen molar-refractivity contribution >= 4 is 17.2 Å². The van der Waals surface area contributed by atoms with Gasteiger partial charge in [0, 0.05) is 19.0 Å². The number of halogens is 5. The number of thiophene rings is 1. The molecule has 2 aromatic rings. The van der Waals surface area contributed by atoms with Crippen molar-refractivity contribution in [2.75, 3.05) is 14.1 Å². The second kappa shape index (κ2) is 5.44. The lowest BCUT2D eigenvalue weighted by Gasteiger charge is -2.08. The molecular weight excluding hydrogens is 313 g/mol. The van der Waals surface area contributed by atoms with Crippen molar-refractivity contribution in [3.8, 4) is 10.4 Å². The van der Waals surface area contributed by atoms with Crippen LogP contribution in [0.4, 0.5) is 22.0 Å². The van der Waals surface area contributed by atoms with Crippen molar-refractivity contribution < 1.29 is 26.7 Å². The molecule has 0 radical (unpaired) electrons. The maximum Gasteiger partial charge on any atom is 0.263 e. The van der Waals surface area contributed by atoms with E-state index in [1.54, 1.807) is 0 Å². The smallest absolute Gasteiger partial charge is 0.263 e. The molecule has 0 saturated heterocycles. The lowest BCUT2D eigenvalue weighted by Crippen LogP contribution is -2.20. The molecule has 0 bridgehead atoms. The van der Waals surface area contributed by atoms with Gasteiger partial charge in [-0.05, 0) is 12.1 Å². The SMILES string of the molecule is CN(C)C(=O)c1ccc(-c2c(F)c(F)c(F)c(F)c2F)s1. The second-order valence-corrected chi connectivity index (χ2v) is 5.39. The van der Waals surface area contributed by atoms with Gasteiger partial charge in [0.2, 0.25) is 5.82 Å². The monoisotopic (exact) mass is 321 g/mol. The predicted octanol–water partition coefficient (Wildman–Crippen LogP) is 3.81. The summed E-state index contributed by atoms with van der Waals surface area (Å²) in [6.45, 7) is 0. The Labute approximate surface area is 120 Å². The van der Waals surface area contributed by atoms with E-state index in [1.165, 1.54) is 25.1 Å². The summed E-state index contributed by atoms with van der Waals surface area (Å²) in [5.74, 6) is -10.5. The number of benzene rings is 1. The van der Waals surface area contributed by atoms with Crippen molar-refractivity contribution in [2.24, 2.45) is 0 Å². The molecule has 0 aliphatic rings. The third-order valence-electron chi connectivity index (χ3n) is 2.68. The van der Waals surface area contributed by atoms with Crippen LogP contribution in [0.3, 0.4) is 0 Å². The molecule has 1 aromatic heterocycles. The third kappa shape index (κ3) is 2.51. The van der Waals surface area contributed by atoms with E-state index < -0.39 is 40.6 Å². The molecule has 112 valence electrons. The molecule has 0 atom stereocenters. The fourth-order valence-electron chi connectivity index (χ4n) is 1.63. The van der Waals surface area contributed by atoms with E-state index in [0.717, 1.165) is 6.07 Å². The van der Waals surface area contributed by atoms with Crippen molar-refractivity contribution in [3.05, 3.63) is 46.1 Å². The largest absolute Gasteiger partial charge is 0.344 e. The van der Waals surface area contributed by atoms with Crippen LogP contribution >= 0.6 is 11.3 Å². The Morgan fingerprint density at radius 2 is 1.38 bits per heavy atom. The summed E-state index contributed by atoms with van der Waals surface area (Å²) in [6, 6.07) is 2.40. The van der Waals surface area contributed by atoms with E-state index in [4.69, 9.17) is 0 Å². The minimum absolute atomic E-state index is 0.124. The quantitative estimate of drug-likeness (QED) is 0.468. The van der Waals surface area contributed by atoms with Crippen LogP contribution in [0.15, 0.2) is 12.1 Å². The minimum atomic E-state index is -2.21. The molecule has 0 N–H and O–H groups in total. The summed E-state index contributed by atoms with van der Waals surface area (Å²) in [4.78, 5) is 12.8. The average molecular weight is 321 g/mol. The molecule has 1 amide bonds. The lowest BCUT2D eigenvalue weighted by molar-refractivity contribution is 0.0832. The summed E-state index contributed by atoms with van der Waals surface area (Å²) in [6.07, 6.45) is 0. The first-order chi connectivity index (χ1) is 9.75. The molecule has 0 aliphatic carbocycles. The van der Waals surface area contributed by atoms with Crippen molar-refractivity contribution in [1.82, 2.24) is 4.90 Å². The van der Waals surface area contributed by atoms with Gasteiger partial charge in [0.05, 0.1) is 10.4 Å². The van der Waals surface area contributed by atoms with E-state index in [1.807, 2.05) is 0 Å². The summed E-state index contributed by atoms with van der Waals surface area (Å²) < 4.78 is 66.6. The van der Waals surface area contributed by atoms with Crippen LogP contribution in [-0.2, 0) is 0 Å². The van der Waals surface area contributed by atoms with E-state index in [2.05, 4.69) is 0 Å². The van der Waals surface area contributed by atoms with Crippen LogP contribution in [0.5, 0.6) is 0 Å². The van der Waals surface area contributed by atoms with E-state index in [0.29, 0.717) is 11.3 Å². The molecule has 2 nitrogen and oxygen atoms in total. The molecule has 1 heterocycles. The Balaban J connectivity index is 2.61. The number of carbonyl (C=O) groups is 1. The highest BCUT2D eigenvalue weighted by Gasteiger charge is 2.27. The second-order valence-electron chi connectivity index (χ2n) is 4.31. The van der Waals surface area contributed by atoms with Gasteiger partial charge in [0.15, 0.2) is 23.3 Å². The van der Waals surface area contributed by atoms with E-state index >= 15 is 0 Å². The standard InChI is InChI=1S/C13H8F5NOS/c1-19(2)13(20)6-4-3-5(21-6)7-8(14)10(16)12(18)11(17)9(7)15/h3-4H,1-2H3. The maximum atomic E-state index is 13.6. The van der Waals surface area contributed by atoms with Gasteiger partial charge in [0.25, 0.3) is 5.91 Å². The normalized spacial score (nSPS) is 10.8. The summed E-state index contributed by atoms with van der Waals surface area (Å²) in [7, 11) is 2.94. The van der Waals surface area contributed by atoms with E-state index in [-0.39, 0.29) is 9.75 Å². The van der Waals surface area contributed by atoms with Crippen LogP contribution in [0.25, 0.3) is 10.4 Å². The molecule has 0 spiro atoms. The van der Waals surface area contributed by atoms with Crippen LogP contribution in [-0.4, -0.2) is 24.9 Å². The van der Waals surface area contributed by atoms with Crippen molar-refractivity contribution in [1.29, 1.82) is 0 Å². The fraction of sp³-hybridized carbons (Fsp3) is 0.154. The Morgan fingerprint density at radius 3 is 1.86 bits per heavy atom. The predicted molar refractivity (Wildman–Crippen MR) is 67.6 cm³/mol. The van der Waals surface area contributed by atoms with Gasteiger partial charge in [-0.3, -0.25) is 4.79 Å². The summed E-state index contributed by atoms with van der Waals surface area (Å²) >= 11 is 0.647. The first-order valence-electron chi connectivity index (χ1n) is 5.59. The molecular formula is C13H8F5NOS. The molecule has 0 unspecified atom stereocenters. The maximum absolute atomic E-state index is 13.6. The van der Waals surface area contributed by atoms with Gasteiger partial charge in [-0.25, -0.2) is 22.0 Å². The number of hydrogen-bond donors (Lipinski definition) is 0. The Hall–Kier alpha value is -1.96. The molecule has 0 saturated carbocycles. The third-order valence-corrected chi connectivity index (χ3v) is 3.77. The number of nitrogens with zero attached hydrogens (tertiary/aromatic N) is 1. The van der Waals surface area contributed by atoms with Gasteiger partial charge in [-0.1, -0.05) is 0 Å². The molecule has 1 aromatic carbocycles. The Morgan fingerprint density at radius 1 is 0.905 bits per heavy atom. The number of amides is 1. The lowest BCUT2D eigenvalue weighted by atomic mass is 10.1. The highest BCUT2D eigenvalue weighted by molar-refractivity contribution is 7.17. The van der Waals surface area contributed by atoms with Gasteiger partial charge >= 0.3 is 0 Å². The highest BCUT2D eigenvalue weighted by atomic mass is 32.1. The molecule has 8 heteroatoms. The van der Waals surface area contributed by atoms with Crippen molar-refractivity contribution in [3.63, 3.8) is 0 Å². The van der Waals surface area contributed by atoms with Crippen LogP contribution < -0.4 is 0 Å². The Bertz CT molecular complexity index is 697. The average Bonchev–Trinajstić information content (AvgIpc) is 2.91. The molecule has 0 fully saturated rings. The van der Waals surface area contributed by atoms with Crippen LogP contribution in [0.2, 0.25) is 0 Å². The number of hydrogen-bond acceptors (Lipinski definition) is 2. The zero-order chi connectivity index (χ0) is 15.9. The first kappa shape index (κ1) is 15.4. The van der Waals surface area contributed by atoms with Crippen molar-refractivity contribution in [2.45, 2.75) is 0 Å².